The van der Waals surface area contributed by atoms with E-state index in [1.165, 1.54) is 25.1 Å². The maximum atomic E-state index is 13.3. The van der Waals surface area contributed by atoms with Gasteiger partial charge in [0.25, 0.3) is 5.91 Å². The maximum absolute atomic E-state index is 13.3. The van der Waals surface area contributed by atoms with Gasteiger partial charge in [0.2, 0.25) is 0 Å². The van der Waals surface area contributed by atoms with E-state index in [0.717, 1.165) is 6.07 Å². The molecule has 5 nitrogen and oxygen atoms in total. The minimum Gasteiger partial charge on any atom is -0.480 e. The molecule has 0 aromatic heterocycles. The summed E-state index contributed by atoms with van der Waals surface area (Å²) in [5.74, 6) is -3.32. The highest BCUT2D eigenvalue weighted by molar-refractivity contribution is 5.97. The molecule has 0 heterocycles. The van der Waals surface area contributed by atoms with E-state index < -0.39 is 23.7 Å². The maximum Gasteiger partial charge on any atom is 0.326 e. The van der Waals surface area contributed by atoms with Gasteiger partial charge in [0, 0.05) is 6.42 Å². The van der Waals surface area contributed by atoms with Crippen molar-refractivity contribution in [1.82, 2.24) is 5.32 Å². The van der Waals surface area contributed by atoms with Crippen molar-refractivity contribution in [2.24, 2.45) is 0 Å². The van der Waals surface area contributed by atoms with Crippen LogP contribution in [0.1, 0.15) is 23.7 Å². The fourth-order valence-corrected chi connectivity index (χ4v) is 1.37. The lowest BCUT2D eigenvalue weighted by atomic mass is 10.1. The molecule has 1 aromatic rings. The molecule has 1 aromatic carbocycles. The predicted octanol–water partition coefficient (Wildman–Crippen LogP) is 0.988. The van der Waals surface area contributed by atoms with Crippen molar-refractivity contribution in [3.8, 4) is 0 Å². The summed E-state index contributed by atoms with van der Waals surface area (Å²) < 4.78 is 13.3. The first-order chi connectivity index (χ1) is 8.41. The van der Waals surface area contributed by atoms with Gasteiger partial charge in [0.05, 0.1) is 5.56 Å². The molecule has 1 amide bonds. The first kappa shape index (κ1) is 13.8. The zero-order chi connectivity index (χ0) is 13.7. The summed E-state index contributed by atoms with van der Waals surface area (Å²) in [4.78, 5) is 33.3. The topological polar surface area (TPSA) is 83.5 Å². The van der Waals surface area contributed by atoms with Crippen molar-refractivity contribution in [3.63, 3.8) is 0 Å². The minimum absolute atomic E-state index is 0.257. The zero-order valence-electron chi connectivity index (χ0n) is 9.64. The van der Waals surface area contributed by atoms with Gasteiger partial charge in [-0.25, -0.2) is 9.18 Å². The molecule has 0 saturated carbocycles. The number of carbonyl (C=O) groups excluding carboxylic acids is 2. The molecule has 2 N–H and O–H groups in total. The lowest BCUT2D eigenvalue weighted by molar-refractivity contribution is -0.140. The molecule has 6 heteroatoms. The van der Waals surface area contributed by atoms with Gasteiger partial charge in [-0.3, -0.25) is 9.59 Å². The van der Waals surface area contributed by atoms with Gasteiger partial charge in [-0.1, -0.05) is 12.1 Å². The van der Waals surface area contributed by atoms with E-state index in [1.54, 1.807) is 0 Å². The Hall–Kier alpha value is -2.24. The monoisotopic (exact) mass is 253 g/mol. The molecule has 0 spiro atoms. The molecule has 0 aliphatic rings. The van der Waals surface area contributed by atoms with Crippen LogP contribution in [0.25, 0.3) is 0 Å². The SMILES string of the molecule is CC(=O)CC(NC(=O)c1ccccc1F)C(=O)O. The summed E-state index contributed by atoms with van der Waals surface area (Å²) in [6.07, 6.45) is -0.338. The average molecular weight is 253 g/mol. The van der Waals surface area contributed by atoms with Crippen LogP contribution >= 0.6 is 0 Å². The van der Waals surface area contributed by atoms with E-state index in [1.807, 2.05) is 0 Å². The summed E-state index contributed by atoms with van der Waals surface area (Å²) in [6, 6.07) is 3.84. The number of carboxylic acids is 1. The number of rotatable bonds is 5. The number of hydrogen-bond donors (Lipinski definition) is 2. The van der Waals surface area contributed by atoms with Gasteiger partial charge in [0.1, 0.15) is 17.6 Å². The van der Waals surface area contributed by atoms with E-state index in [0.29, 0.717) is 0 Å². The number of nitrogens with one attached hydrogen (secondary N) is 1. The summed E-state index contributed by atoms with van der Waals surface area (Å²) in [7, 11) is 0. The van der Waals surface area contributed by atoms with Gasteiger partial charge < -0.3 is 10.4 Å². The van der Waals surface area contributed by atoms with Crippen molar-refractivity contribution in [2.75, 3.05) is 0 Å². The minimum atomic E-state index is -1.35. The molecular weight excluding hydrogens is 241 g/mol. The Morgan fingerprint density at radius 1 is 1.33 bits per heavy atom. The highest BCUT2D eigenvalue weighted by atomic mass is 19.1. The Bertz CT molecular complexity index is 487. The van der Waals surface area contributed by atoms with Crippen LogP contribution in [0.15, 0.2) is 24.3 Å². The lowest BCUT2D eigenvalue weighted by Gasteiger charge is -2.13. The Morgan fingerprint density at radius 3 is 2.44 bits per heavy atom. The van der Waals surface area contributed by atoms with Crippen LogP contribution in [0, 0.1) is 5.82 Å². The number of benzene rings is 1. The Morgan fingerprint density at radius 2 is 1.94 bits per heavy atom. The molecule has 0 fully saturated rings. The van der Waals surface area contributed by atoms with E-state index >= 15 is 0 Å². The molecule has 1 unspecified atom stereocenters. The summed E-state index contributed by atoms with van der Waals surface area (Å²) in [5, 5.41) is 10.9. The van der Waals surface area contributed by atoms with E-state index in [2.05, 4.69) is 5.32 Å². The fourth-order valence-electron chi connectivity index (χ4n) is 1.37. The molecule has 0 saturated heterocycles. The predicted molar refractivity (Wildman–Crippen MR) is 60.6 cm³/mol. The van der Waals surface area contributed by atoms with Gasteiger partial charge in [-0.2, -0.15) is 0 Å². The quantitative estimate of drug-likeness (QED) is 0.819. The molecule has 0 aliphatic carbocycles. The molecule has 1 rings (SSSR count). The van der Waals surface area contributed by atoms with Crippen LogP contribution < -0.4 is 5.32 Å². The Labute approximate surface area is 103 Å². The number of amides is 1. The molecular formula is C12H12FNO4. The van der Waals surface area contributed by atoms with E-state index in [4.69, 9.17) is 5.11 Å². The van der Waals surface area contributed by atoms with Crippen molar-refractivity contribution < 1.29 is 23.9 Å². The fraction of sp³-hybridized carbons (Fsp3) is 0.250. The smallest absolute Gasteiger partial charge is 0.326 e. The number of carbonyl (C=O) groups is 3. The van der Waals surface area contributed by atoms with Crippen molar-refractivity contribution in [1.29, 1.82) is 0 Å². The summed E-state index contributed by atoms with van der Waals surface area (Å²) in [5.41, 5.74) is -0.257. The van der Waals surface area contributed by atoms with Crippen molar-refractivity contribution in [2.45, 2.75) is 19.4 Å². The molecule has 96 valence electrons. The molecule has 0 radical (unpaired) electrons. The van der Waals surface area contributed by atoms with Crippen LogP contribution in [0.3, 0.4) is 0 Å². The highest BCUT2D eigenvalue weighted by Gasteiger charge is 2.23. The van der Waals surface area contributed by atoms with Crippen LogP contribution in [0.2, 0.25) is 0 Å². The second-order valence-corrected chi connectivity index (χ2v) is 3.75. The average Bonchev–Trinajstić information content (AvgIpc) is 2.27. The van der Waals surface area contributed by atoms with Crippen LogP contribution in [-0.2, 0) is 9.59 Å². The molecule has 0 aliphatic heterocycles. The number of Topliss-reactive ketones (excluding diaryl/α,β-unsaturated/α-hetero) is 1. The van der Waals surface area contributed by atoms with Gasteiger partial charge >= 0.3 is 5.97 Å². The van der Waals surface area contributed by atoms with Gasteiger partial charge in [0.15, 0.2) is 0 Å². The van der Waals surface area contributed by atoms with Crippen LogP contribution in [0.4, 0.5) is 4.39 Å². The summed E-state index contributed by atoms with van der Waals surface area (Å²) in [6.45, 7) is 1.21. The number of aliphatic carboxylic acids is 1. The third-order valence-corrected chi connectivity index (χ3v) is 2.21. The van der Waals surface area contributed by atoms with Gasteiger partial charge in [-0.15, -0.1) is 0 Å². The summed E-state index contributed by atoms with van der Waals surface area (Å²) >= 11 is 0. The molecule has 18 heavy (non-hydrogen) atoms. The first-order valence-electron chi connectivity index (χ1n) is 5.19. The first-order valence-corrected chi connectivity index (χ1v) is 5.19. The standard InChI is InChI=1S/C12H12FNO4/c1-7(15)6-10(12(17)18)14-11(16)8-4-2-3-5-9(8)13/h2-5,10H,6H2,1H3,(H,14,16)(H,17,18). The van der Waals surface area contributed by atoms with E-state index in [9.17, 15) is 18.8 Å². The van der Waals surface area contributed by atoms with Gasteiger partial charge in [-0.05, 0) is 19.1 Å². The van der Waals surface area contributed by atoms with Crippen molar-refractivity contribution >= 4 is 17.7 Å². The number of hydrogen-bond acceptors (Lipinski definition) is 3. The van der Waals surface area contributed by atoms with Crippen LogP contribution in [-0.4, -0.2) is 28.8 Å². The highest BCUT2D eigenvalue weighted by Crippen LogP contribution is 2.07. The number of halogens is 1. The molecule has 0 bridgehead atoms. The second-order valence-electron chi connectivity index (χ2n) is 3.75. The largest absolute Gasteiger partial charge is 0.480 e. The van der Waals surface area contributed by atoms with Crippen molar-refractivity contribution in [3.05, 3.63) is 35.6 Å². The second kappa shape index (κ2) is 5.90. The zero-order valence-corrected chi connectivity index (χ0v) is 9.64. The normalized spacial score (nSPS) is 11.7. The number of carboxylic acid groups (broad SMARTS) is 1. The Kier molecular flexibility index (Phi) is 4.53. The van der Waals surface area contributed by atoms with Crippen LogP contribution in [0.5, 0.6) is 0 Å². The number of ketones is 1. The third-order valence-electron chi connectivity index (χ3n) is 2.21. The van der Waals surface area contributed by atoms with E-state index in [-0.39, 0.29) is 17.8 Å². The third kappa shape index (κ3) is 3.65. The molecule has 1 atom stereocenters. The lowest BCUT2D eigenvalue weighted by Crippen LogP contribution is -2.42. The Balaban J connectivity index is 2.82.